The summed E-state index contributed by atoms with van der Waals surface area (Å²) in [5, 5.41) is 7.60. The Balaban J connectivity index is 1.60. The molecule has 0 aliphatic carbocycles. The number of ether oxygens (including phenoxy) is 2. The van der Waals surface area contributed by atoms with Gasteiger partial charge in [-0.1, -0.05) is 0 Å². The highest BCUT2D eigenvalue weighted by molar-refractivity contribution is 6.58. The van der Waals surface area contributed by atoms with Crippen LogP contribution in [0.2, 0.25) is 0 Å². The van der Waals surface area contributed by atoms with Crippen LogP contribution in [0.15, 0.2) is 36.7 Å². The summed E-state index contributed by atoms with van der Waals surface area (Å²) >= 11 is 0. The van der Waals surface area contributed by atoms with Gasteiger partial charge in [-0.25, -0.2) is 4.52 Å². The zero-order chi connectivity index (χ0) is 21.6. The molecule has 1 N–H and O–H groups in total. The normalized spacial score (nSPS) is 18.9. The van der Waals surface area contributed by atoms with Crippen molar-refractivity contribution < 1.29 is 14.3 Å². The van der Waals surface area contributed by atoms with Gasteiger partial charge >= 0.3 is 0 Å². The van der Waals surface area contributed by atoms with Crippen molar-refractivity contribution in [2.75, 3.05) is 25.0 Å². The Kier molecular flexibility index (Phi) is 4.83. The SMILES string of the molecule is BC(B)(B)Oc1cc2cc(c1)-c1cnn3ccc(nc13)OC[C@@H]1CCC(=O)N1CCN2. The van der Waals surface area contributed by atoms with Crippen LogP contribution in [0.25, 0.3) is 16.8 Å². The Morgan fingerprint density at radius 2 is 2.13 bits per heavy atom. The smallest absolute Gasteiger partial charge is 0.223 e. The minimum atomic E-state index is -0.327. The van der Waals surface area contributed by atoms with Crippen molar-refractivity contribution in [2.45, 2.75) is 24.2 Å². The van der Waals surface area contributed by atoms with E-state index in [9.17, 15) is 4.79 Å². The lowest BCUT2D eigenvalue weighted by Gasteiger charge is -2.26. The number of aromatic nitrogens is 3. The van der Waals surface area contributed by atoms with Crippen LogP contribution in [0.4, 0.5) is 5.69 Å². The number of nitrogens with zero attached hydrogens (tertiary/aromatic N) is 4. The first-order valence-corrected chi connectivity index (χ1v) is 10.7. The minimum absolute atomic E-state index is 0.0609. The molecule has 2 aliphatic heterocycles. The van der Waals surface area contributed by atoms with Gasteiger partial charge in [0.15, 0.2) is 5.65 Å². The Morgan fingerprint density at radius 1 is 1.26 bits per heavy atom. The van der Waals surface area contributed by atoms with Crippen LogP contribution in [0.5, 0.6) is 11.6 Å². The van der Waals surface area contributed by atoms with E-state index in [1.165, 1.54) is 0 Å². The number of hydrogen-bond donors (Lipinski definition) is 1. The first kappa shape index (κ1) is 19.8. The molecule has 0 saturated carbocycles. The monoisotopic (exact) mass is 415 g/mol. The number of fused-ring (bicyclic) bond motifs is 5. The van der Waals surface area contributed by atoms with Gasteiger partial charge in [-0.3, -0.25) is 4.79 Å². The second-order valence-electron chi connectivity index (χ2n) is 9.07. The van der Waals surface area contributed by atoms with Gasteiger partial charge < -0.3 is 19.7 Å². The number of rotatable bonds is 2. The maximum Gasteiger partial charge on any atom is 0.223 e. The fourth-order valence-corrected chi connectivity index (χ4v) is 4.18. The second-order valence-corrected chi connectivity index (χ2v) is 9.07. The van der Waals surface area contributed by atoms with Crippen LogP contribution >= 0.6 is 0 Å². The van der Waals surface area contributed by atoms with Crippen LogP contribution in [-0.4, -0.2) is 80.0 Å². The number of carbonyl (C=O) groups is 1. The van der Waals surface area contributed by atoms with Gasteiger partial charge in [0, 0.05) is 54.4 Å². The average Bonchev–Trinajstić information content (AvgIpc) is 3.28. The zero-order valence-electron chi connectivity index (χ0n) is 18.1. The van der Waals surface area contributed by atoms with E-state index in [4.69, 9.17) is 14.5 Å². The van der Waals surface area contributed by atoms with Gasteiger partial charge in [-0.2, -0.15) is 10.1 Å². The van der Waals surface area contributed by atoms with Crippen molar-refractivity contribution in [3.05, 3.63) is 36.7 Å². The number of carbonyl (C=O) groups excluding carboxylic acids is 1. The van der Waals surface area contributed by atoms with E-state index >= 15 is 0 Å². The molecule has 1 atom stereocenters. The fourth-order valence-electron chi connectivity index (χ4n) is 4.18. The molecule has 8 nitrogen and oxygen atoms in total. The summed E-state index contributed by atoms with van der Waals surface area (Å²) in [6, 6.07) is 7.94. The average molecular weight is 415 g/mol. The van der Waals surface area contributed by atoms with Crippen molar-refractivity contribution in [3.8, 4) is 22.8 Å². The highest BCUT2D eigenvalue weighted by Gasteiger charge is 2.31. The van der Waals surface area contributed by atoms with Crippen molar-refractivity contribution >= 4 is 40.8 Å². The molecular formula is C20H24B3N5O3. The van der Waals surface area contributed by atoms with E-state index in [1.807, 2.05) is 59.0 Å². The molecule has 1 aromatic carbocycles. The molecule has 2 aromatic heterocycles. The molecule has 4 bridgehead atoms. The highest BCUT2D eigenvalue weighted by Crippen LogP contribution is 2.32. The van der Waals surface area contributed by atoms with E-state index in [2.05, 4.69) is 16.5 Å². The van der Waals surface area contributed by atoms with Crippen LogP contribution < -0.4 is 14.8 Å². The molecule has 31 heavy (non-hydrogen) atoms. The third-order valence-electron chi connectivity index (χ3n) is 5.54. The number of amides is 1. The van der Waals surface area contributed by atoms with Crippen molar-refractivity contribution in [2.24, 2.45) is 0 Å². The summed E-state index contributed by atoms with van der Waals surface area (Å²) in [7, 11) is 6.08. The molecule has 1 saturated heterocycles. The Hall–Kier alpha value is -3.10. The van der Waals surface area contributed by atoms with E-state index in [-0.39, 0.29) is 17.2 Å². The molecule has 2 aliphatic rings. The predicted molar refractivity (Wildman–Crippen MR) is 126 cm³/mol. The molecular weight excluding hydrogens is 391 g/mol. The first-order valence-electron chi connectivity index (χ1n) is 10.7. The molecule has 3 aromatic rings. The van der Waals surface area contributed by atoms with Gasteiger partial charge in [0.1, 0.15) is 35.9 Å². The van der Waals surface area contributed by atoms with Gasteiger partial charge in [0.05, 0.1) is 12.2 Å². The number of benzene rings is 1. The number of nitrogens with one attached hydrogen (secondary N) is 1. The number of anilines is 1. The molecule has 1 amide bonds. The molecule has 1 fully saturated rings. The summed E-state index contributed by atoms with van der Waals surface area (Å²) in [4.78, 5) is 19.0. The molecule has 4 heterocycles. The summed E-state index contributed by atoms with van der Waals surface area (Å²) in [6.45, 7) is 1.71. The Morgan fingerprint density at radius 3 is 2.97 bits per heavy atom. The highest BCUT2D eigenvalue weighted by atomic mass is 16.5. The molecule has 156 valence electrons. The van der Waals surface area contributed by atoms with E-state index < -0.39 is 0 Å². The maximum atomic E-state index is 12.4. The summed E-state index contributed by atoms with van der Waals surface area (Å²) in [5.74, 6) is 1.47. The van der Waals surface area contributed by atoms with E-state index in [0.29, 0.717) is 37.6 Å². The van der Waals surface area contributed by atoms with Gasteiger partial charge in [0.2, 0.25) is 11.8 Å². The summed E-state index contributed by atoms with van der Waals surface area (Å²) in [5.41, 5.74) is 3.51. The van der Waals surface area contributed by atoms with E-state index in [1.54, 1.807) is 4.52 Å². The predicted octanol–water partition coefficient (Wildman–Crippen LogP) is -0.919. The minimum Gasteiger partial charge on any atom is -0.514 e. The lowest BCUT2D eigenvalue weighted by Crippen LogP contribution is -2.40. The van der Waals surface area contributed by atoms with Gasteiger partial charge in [-0.15, -0.1) is 0 Å². The first-order chi connectivity index (χ1) is 14.9. The molecule has 0 unspecified atom stereocenters. The largest absolute Gasteiger partial charge is 0.514 e. The van der Waals surface area contributed by atoms with Crippen LogP contribution in [0.1, 0.15) is 12.8 Å². The van der Waals surface area contributed by atoms with Crippen molar-refractivity contribution in [1.29, 1.82) is 0 Å². The third kappa shape index (κ3) is 4.09. The summed E-state index contributed by atoms with van der Waals surface area (Å²) < 4.78 is 13.9. The lowest BCUT2D eigenvalue weighted by atomic mass is 9.52. The second kappa shape index (κ2) is 7.55. The van der Waals surface area contributed by atoms with Crippen LogP contribution in [0.3, 0.4) is 0 Å². The lowest BCUT2D eigenvalue weighted by molar-refractivity contribution is -0.129. The van der Waals surface area contributed by atoms with Crippen LogP contribution in [0, 0.1) is 0 Å². The Bertz CT molecular complexity index is 1150. The van der Waals surface area contributed by atoms with Crippen LogP contribution in [-0.2, 0) is 4.79 Å². The third-order valence-corrected chi connectivity index (χ3v) is 5.54. The fraction of sp³-hybridized carbons (Fsp3) is 0.350. The van der Waals surface area contributed by atoms with E-state index in [0.717, 1.165) is 29.0 Å². The zero-order valence-corrected chi connectivity index (χ0v) is 18.1. The standard InChI is InChI=1S/C20H24B3N5O3/c21-20(22,23)31-15-8-12-7-13(9-15)24-4-6-27-14(1-2-18(27)29)11-30-17-3-5-28-19(26-17)16(12)10-25-28/h3,5,7-10,14,24H,1-2,4,6,11,21-23H2/t14-/m0/s1. The van der Waals surface area contributed by atoms with Crippen molar-refractivity contribution in [1.82, 2.24) is 19.5 Å². The Labute approximate surface area is 183 Å². The summed E-state index contributed by atoms with van der Waals surface area (Å²) in [6.07, 6.45) is 5.03. The topological polar surface area (TPSA) is 81.0 Å². The quantitative estimate of drug-likeness (QED) is 0.546. The number of hydrogen-bond acceptors (Lipinski definition) is 6. The maximum absolute atomic E-state index is 12.4. The molecule has 0 radical (unpaired) electrons. The molecule has 0 spiro atoms. The van der Waals surface area contributed by atoms with Gasteiger partial charge in [0.25, 0.3) is 0 Å². The van der Waals surface area contributed by atoms with Crippen molar-refractivity contribution in [3.63, 3.8) is 0 Å². The van der Waals surface area contributed by atoms with Gasteiger partial charge in [-0.05, 0) is 24.1 Å². The molecule has 11 heteroatoms. The molecule has 5 rings (SSSR count).